The Bertz CT molecular complexity index is 765. The Morgan fingerprint density at radius 2 is 1.79 bits per heavy atom. The summed E-state index contributed by atoms with van der Waals surface area (Å²) in [7, 11) is -1.77. The summed E-state index contributed by atoms with van der Waals surface area (Å²) < 4.78 is 6.31. The fourth-order valence-corrected chi connectivity index (χ4v) is 4.38. The van der Waals surface area contributed by atoms with E-state index in [-0.39, 0.29) is 16.3 Å². The van der Waals surface area contributed by atoms with E-state index in [1.165, 1.54) is 5.56 Å². The Labute approximate surface area is 175 Å². The van der Waals surface area contributed by atoms with Crippen LogP contribution in [0, 0.1) is 0 Å². The molecule has 1 aromatic heterocycles. The number of aromatic nitrogens is 2. The lowest BCUT2D eigenvalue weighted by molar-refractivity contribution is 0.276. The summed E-state index contributed by atoms with van der Waals surface area (Å²) in [5, 5.41) is 4.53. The lowest BCUT2D eigenvalue weighted by atomic mass is 10.2. The van der Waals surface area contributed by atoms with Crippen molar-refractivity contribution in [3.63, 3.8) is 0 Å². The third-order valence-corrected chi connectivity index (χ3v) is 10.7. The van der Waals surface area contributed by atoms with Gasteiger partial charge in [-0.2, -0.15) is 0 Å². The molecule has 0 saturated carbocycles. The van der Waals surface area contributed by atoms with Crippen LogP contribution in [0.2, 0.25) is 18.1 Å². The Kier molecular flexibility index (Phi) is 7.53. The third-order valence-electron chi connectivity index (χ3n) is 5.17. The molecule has 2 atom stereocenters. The van der Waals surface area contributed by atoms with Gasteiger partial charge < -0.3 is 15.5 Å². The Morgan fingerprint density at radius 1 is 1.14 bits per heavy atom. The molecule has 2 unspecified atom stereocenters. The first-order valence-corrected chi connectivity index (χ1v) is 13.5. The first kappa shape index (κ1) is 22.7. The monoisotopic (exact) mass is 418 g/mol. The van der Waals surface area contributed by atoms with Crippen LogP contribution in [-0.2, 0) is 4.43 Å². The minimum atomic E-state index is -1.77. The smallest absolute Gasteiger partial charge is 0.192 e. The third kappa shape index (κ3) is 6.50. The number of nitrogens with one attached hydrogen (secondary N) is 1. The molecule has 1 heterocycles. The summed E-state index contributed by atoms with van der Waals surface area (Å²) in [5.74, 6) is 1.21. The number of hydrogen-bond donors (Lipinski definition) is 2. The molecular weight excluding hydrogens is 384 g/mol. The molecule has 0 bridgehead atoms. The van der Waals surface area contributed by atoms with Gasteiger partial charge in [-0.1, -0.05) is 62.9 Å². The molecule has 2 rings (SSSR count). The van der Waals surface area contributed by atoms with Gasteiger partial charge in [0.1, 0.15) is 11.6 Å². The maximum absolute atomic E-state index is 6.31. The van der Waals surface area contributed by atoms with E-state index in [4.69, 9.17) is 10.2 Å². The molecule has 0 spiro atoms. The summed E-state index contributed by atoms with van der Waals surface area (Å²) in [4.78, 5) is 9.04. The van der Waals surface area contributed by atoms with Gasteiger partial charge in [-0.25, -0.2) is 9.97 Å². The van der Waals surface area contributed by atoms with Gasteiger partial charge in [-0.15, -0.1) is 0 Å². The summed E-state index contributed by atoms with van der Waals surface area (Å²) in [6.07, 6.45) is 0. The molecule has 3 N–H and O–H groups in total. The van der Waals surface area contributed by atoms with Gasteiger partial charge in [0, 0.05) is 17.4 Å². The van der Waals surface area contributed by atoms with Crippen LogP contribution >= 0.6 is 11.8 Å². The van der Waals surface area contributed by atoms with E-state index in [9.17, 15) is 0 Å². The van der Waals surface area contributed by atoms with Gasteiger partial charge >= 0.3 is 0 Å². The lowest BCUT2D eigenvalue weighted by Gasteiger charge is -2.37. The minimum Gasteiger partial charge on any atom is -0.415 e. The number of nitrogen functional groups attached to an aromatic ring is 1. The molecule has 5 nitrogen and oxygen atoms in total. The number of nitrogens with zero attached hydrogens (tertiary/aromatic N) is 2. The van der Waals surface area contributed by atoms with Crippen LogP contribution in [0.3, 0.4) is 0 Å². The van der Waals surface area contributed by atoms with Gasteiger partial charge in [-0.05, 0) is 37.5 Å². The fraction of sp³-hybridized carbons (Fsp3) is 0.524. The van der Waals surface area contributed by atoms with Crippen molar-refractivity contribution in [2.75, 3.05) is 17.7 Å². The molecule has 0 fully saturated rings. The molecule has 0 aliphatic heterocycles. The van der Waals surface area contributed by atoms with Crippen molar-refractivity contribution >= 4 is 31.7 Å². The second-order valence-electron chi connectivity index (χ2n) is 8.75. The first-order chi connectivity index (χ1) is 13.0. The number of nitrogens with two attached hydrogens (primary N) is 1. The minimum absolute atomic E-state index is 0.132. The summed E-state index contributed by atoms with van der Waals surface area (Å²) in [5.41, 5.74) is 7.26. The zero-order valence-electron chi connectivity index (χ0n) is 18.1. The van der Waals surface area contributed by atoms with Crippen molar-refractivity contribution in [3.05, 3.63) is 42.0 Å². The van der Waals surface area contributed by atoms with E-state index in [0.717, 1.165) is 5.82 Å². The van der Waals surface area contributed by atoms with Crippen LogP contribution in [0.25, 0.3) is 0 Å². The Hall–Kier alpha value is -1.57. The van der Waals surface area contributed by atoms with Crippen LogP contribution in [0.1, 0.15) is 45.4 Å². The van der Waals surface area contributed by atoms with Crippen LogP contribution < -0.4 is 11.1 Å². The molecule has 2 aromatic rings. The van der Waals surface area contributed by atoms with Crippen LogP contribution in [-0.4, -0.2) is 30.9 Å². The summed E-state index contributed by atoms with van der Waals surface area (Å²) >= 11 is 1.61. The molecule has 0 saturated heterocycles. The van der Waals surface area contributed by atoms with E-state index >= 15 is 0 Å². The Morgan fingerprint density at radius 3 is 2.39 bits per heavy atom. The first-order valence-electron chi connectivity index (χ1n) is 9.74. The van der Waals surface area contributed by atoms with Gasteiger partial charge in [-0.3, -0.25) is 0 Å². The van der Waals surface area contributed by atoms with Crippen molar-refractivity contribution in [2.24, 2.45) is 0 Å². The number of anilines is 2. The Balaban J connectivity index is 2.01. The second-order valence-corrected chi connectivity index (χ2v) is 14.9. The quantitative estimate of drug-likeness (QED) is 0.324. The number of benzene rings is 1. The van der Waals surface area contributed by atoms with Crippen molar-refractivity contribution in [1.29, 1.82) is 0 Å². The molecule has 0 aliphatic carbocycles. The molecule has 28 heavy (non-hydrogen) atoms. The van der Waals surface area contributed by atoms with E-state index in [0.29, 0.717) is 17.6 Å². The average Bonchev–Trinajstić information content (AvgIpc) is 2.59. The maximum Gasteiger partial charge on any atom is 0.192 e. The van der Waals surface area contributed by atoms with Gasteiger partial charge in [0.15, 0.2) is 13.5 Å². The fourth-order valence-electron chi connectivity index (χ4n) is 2.36. The molecule has 1 aromatic carbocycles. The highest BCUT2D eigenvalue weighted by atomic mass is 32.2. The standard InChI is InChI=1S/C21H34N4OSSi/c1-15(14-26-28(6,7)21(3,4)5)23-19-13-18(22)24-20(25-19)27-16(2)17-11-9-8-10-12-17/h8-13,15-16H,14H2,1-7H3,(H3,22,23,24,25). The predicted molar refractivity (Wildman–Crippen MR) is 123 cm³/mol. The van der Waals surface area contributed by atoms with E-state index in [2.05, 4.69) is 75.1 Å². The van der Waals surface area contributed by atoms with Crippen molar-refractivity contribution in [1.82, 2.24) is 9.97 Å². The number of rotatable bonds is 8. The second kappa shape index (κ2) is 9.28. The van der Waals surface area contributed by atoms with Crippen molar-refractivity contribution in [2.45, 2.75) is 69.2 Å². The normalized spacial score (nSPS) is 14.5. The predicted octanol–water partition coefficient (Wildman–Crippen LogP) is 5.73. The van der Waals surface area contributed by atoms with E-state index in [1.807, 2.05) is 18.2 Å². The van der Waals surface area contributed by atoms with Crippen LogP contribution in [0.5, 0.6) is 0 Å². The number of hydrogen-bond acceptors (Lipinski definition) is 6. The number of thioether (sulfide) groups is 1. The van der Waals surface area contributed by atoms with E-state index in [1.54, 1.807) is 17.8 Å². The maximum atomic E-state index is 6.31. The highest BCUT2D eigenvalue weighted by Gasteiger charge is 2.37. The van der Waals surface area contributed by atoms with Gasteiger partial charge in [0.05, 0.1) is 6.61 Å². The van der Waals surface area contributed by atoms with Crippen LogP contribution in [0.4, 0.5) is 11.6 Å². The average molecular weight is 419 g/mol. The van der Waals surface area contributed by atoms with Gasteiger partial charge in [0.2, 0.25) is 0 Å². The molecular formula is C21H34N4OSSi. The molecule has 0 aliphatic rings. The summed E-state index contributed by atoms with van der Waals surface area (Å²) in [6, 6.07) is 12.3. The molecule has 0 radical (unpaired) electrons. The SMILES string of the molecule is CC(CO[Si](C)(C)C(C)(C)C)Nc1cc(N)nc(SC(C)c2ccccc2)n1. The van der Waals surface area contributed by atoms with Gasteiger partial charge in [0.25, 0.3) is 0 Å². The molecule has 7 heteroatoms. The topological polar surface area (TPSA) is 73.1 Å². The zero-order chi connectivity index (χ0) is 20.9. The molecule has 154 valence electrons. The lowest BCUT2D eigenvalue weighted by Crippen LogP contribution is -2.43. The highest BCUT2D eigenvalue weighted by molar-refractivity contribution is 7.99. The van der Waals surface area contributed by atoms with Crippen LogP contribution in [0.15, 0.2) is 41.6 Å². The van der Waals surface area contributed by atoms with Crippen molar-refractivity contribution in [3.8, 4) is 0 Å². The largest absolute Gasteiger partial charge is 0.415 e. The van der Waals surface area contributed by atoms with E-state index < -0.39 is 8.32 Å². The molecule has 0 amide bonds. The highest BCUT2D eigenvalue weighted by Crippen LogP contribution is 2.37. The van der Waals surface area contributed by atoms with Crippen molar-refractivity contribution < 1.29 is 4.43 Å². The summed E-state index contributed by atoms with van der Waals surface area (Å²) in [6.45, 7) is 16.2. The zero-order valence-corrected chi connectivity index (χ0v) is 19.9.